The monoisotopic (exact) mass is 397 g/mol. The number of carbonyl (C=O) groups excluding carboxylic acids is 1. The molecule has 0 radical (unpaired) electrons. The Labute approximate surface area is 166 Å². The van der Waals surface area contributed by atoms with Gasteiger partial charge in [0.1, 0.15) is 0 Å². The second-order valence-electron chi connectivity index (χ2n) is 6.03. The molecule has 2 aromatic rings. The lowest BCUT2D eigenvalue weighted by Gasteiger charge is -2.32. The summed E-state index contributed by atoms with van der Waals surface area (Å²) in [6.45, 7) is 5.69. The Morgan fingerprint density at radius 2 is 1.77 bits per heavy atom. The van der Waals surface area contributed by atoms with Crippen LogP contribution in [0.2, 0.25) is 0 Å². The Morgan fingerprint density at radius 1 is 1.12 bits per heavy atom. The van der Waals surface area contributed by atoms with Gasteiger partial charge in [-0.15, -0.1) is 24.8 Å². The van der Waals surface area contributed by atoms with Crippen molar-refractivity contribution in [3.63, 3.8) is 0 Å². The molecule has 2 aromatic carbocycles. The van der Waals surface area contributed by atoms with Gasteiger partial charge in [-0.3, -0.25) is 9.69 Å². The normalized spacial score (nSPS) is 15.3. The van der Waals surface area contributed by atoms with Gasteiger partial charge in [-0.1, -0.05) is 18.2 Å². The quantitative estimate of drug-likeness (QED) is 0.770. The predicted octanol–water partition coefficient (Wildman–Crippen LogP) is 3.76. The number of morpholine rings is 1. The molecule has 142 valence electrons. The van der Waals surface area contributed by atoms with Gasteiger partial charge < -0.3 is 15.8 Å². The molecular weight excluding hydrogens is 373 g/mol. The third-order valence-corrected chi connectivity index (χ3v) is 4.39. The molecular formula is C19H25Cl2N3O2. The van der Waals surface area contributed by atoms with Crippen LogP contribution in [0.4, 0.5) is 11.4 Å². The van der Waals surface area contributed by atoms with Crippen LogP contribution in [0.25, 0.3) is 0 Å². The summed E-state index contributed by atoms with van der Waals surface area (Å²) < 4.78 is 5.40. The number of nitrogen functional groups attached to an aromatic ring is 1. The smallest absolute Gasteiger partial charge is 0.255 e. The summed E-state index contributed by atoms with van der Waals surface area (Å²) in [5.41, 5.74) is 8.87. The van der Waals surface area contributed by atoms with E-state index in [-0.39, 0.29) is 30.7 Å². The molecule has 3 rings (SSSR count). The SMILES string of the molecule is CC(c1ccc(NC(=O)c2cccc(N)c2)cc1)N1CCOCC1.Cl.Cl. The number of hydrogen-bond acceptors (Lipinski definition) is 4. The van der Waals surface area contributed by atoms with Crippen LogP contribution in [-0.2, 0) is 4.74 Å². The van der Waals surface area contributed by atoms with Crippen molar-refractivity contribution >= 4 is 42.1 Å². The summed E-state index contributed by atoms with van der Waals surface area (Å²) >= 11 is 0. The fraction of sp³-hybridized carbons (Fsp3) is 0.316. The molecule has 26 heavy (non-hydrogen) atoms. The molecule has 5 nitrogen and oxygen atoms in total. The van der Waals surface area contributed by atoms with Crippen molar-refractivity contribution in [2.24, 2.45) is 0 Å². The molecule has 1 aliphatic heterocycles. The lowest BCUT2D eigenvalue weighted by atomic mass is 10.1. The minimum Gasteiger partial charge on any atom is -0.399 e. The number of nitrogens with zero attached hydrogens (tertiary/aromatic N) is 1. The maximum absolute atomic E-state index is 12.2. The minimum atomic E-state index is -0.156. The number of nitrogens with two attached hydrogens (primary N) is 1. The third-order valence-electron chi connectivity index (χ3n) is 4.39. The average Bonchev–Trinajstić information content (AvgIpc) is 2.62. The number of nitrogens with one attached hydrogen (secondary N) is 1. The standard InChI is InChI=1S/C19H23N3O2.2ClH/c1-14(22-9-11-24-12-10-22)15-5-7-18(8-6-15)21-19(23)16-3-2-4-17(20)13-16;;/h2-8,13-14H,9-12,20H2,1H3,(H,21,23);2*1H. The highest BCUT2D eigenvalue weighted by Gasteiger charge is 2.18. The molecule has 1 atom stereocenters. The third kappa shape index (κ3) is 5.61. The number of rotatable bonds is 4. The fourth-order valence-corrected chi connectivity index (χ4v) is 2.90. The zero-order valence-corrected chi connectivity index (χ0v) is 16.3. The second-order valence-corrected chi connectivity index (χ2v) is 6.03. The summed E-state index contributed by atoms with van der Waals surface area (Å²) in [7, 11) is 0. The van der Waals surface area contributed by atoms with Gasteiger partial charge in [0.25, 0.3) is 5.91 Å². The van der Waals surface area contributed by atoms with Crippen molar-refractivity contribution in [2.75, 3.05) is 37.4 Å². The van der Waals surface area contributed by atoms with Crippen LogP contribution in [0.15, 0.2) is 48.5 Å². The zero-order valence-electron chi connectivity index (χ0n) is 14.7. The maximum Gasteiger partial charge on any atom is 0.255 e. The van der Waals surface area contributed by atoms with Crippen molar-refractivity contribution in [1.29, 1.82) is 0 Å². The van der Waals surface area contributed by atoms with Crippen molar-refractivity contribution < 1.29 is 9.53 Å². The van der Waals surface area contributed by atoms with Crippen molar-refractivity contribution in [2.45, 2.75) is 13.0 Å². The van der Waals surface area contributed by atoms with Crippen LogP contribution >= 0.6 is 24.8 Å². The molecule has 0 aromatic heterocycles. The highest BCUT2D eigenvalue weighted by Crippen LogP contribution is 2.23. The largest absolute Gasteiger partial charge is 0.399 e. The molecule has 1 aliphatic rings. The molecule has 3 N–H and O–H groups in total. The fourth-order valence-electron chi connectivity index (χ4n) is 2.90. The first kappa shape index (κ1) is 22.3. The molecule has 1 heterocycles. The van der Waals surface area contributed by atoms with Crippen molar-refractivity contribution in [1.82, 2.24) is 4.90 Å². The Bertz CT molecular complexity index is 704. The maximum atomic E-state index is 12.2. The predicted molar refractivity (Wildman–Crippen MR) is 111 cm³/mol. The number of ether oxygens (including phenoxy) is 1. The summed E-state index contributed by atoms with van der Waals surface area (Å²) in [4.78, 5) is 14.7. The second kappa shape index (κ2) is 10.4. The Kier molecular flexibility index (Phi) is 8.88. The van der Waals surface area contributed by atoms with Gasteiger partial charge in [0.05, 0.1) is 13.2 Å². The summed E-state index contributed by atoms with van der Waals surface area (Å²) in [5.74, 6) is -0.156. The number of halogens is 2. The Balaban J connectivity index is 0.00000169. The van der Waals surface area contributed by atoms with Gasteiger partial charge in [0.2, 0.25) is 0 Å². The van der Waals surface area contributed by atoms with E-state index < -0.39 is 0 Å². The van der Waals surface area contributed by atoms with E-state index in [9.17, 15) is 4.79 Å². The van der Waals surface area contributed by atoms with Gasteiger partial charge in [-0.05, 0) is 42.8 Å². The number of amides is 1. The molecule has 0 spiro atoms. The van der Waals surface area contributed by atoms with E-state index in [1.165, 1.54) is 5.56 Å². The summed E-state index contributed by atoms with van der Waals surface area (Å²) in [6, 6.07) is 15.3. The first-order valence-electron chi connectivity index (χ1n) is 8.22. The average molecular weight is 398 g/mol. The van der Waals surface area contributed by atoms with Gasteiger partial charge >= 0.3 is 0 Å². The molecule has 0 bridgehead atoms. The topological polar surface area (TPSA) is 67.6 Å². The van der Waals surface area contributed by atoms with Gasteiger partial charge in [0.15, 0.2) is 0 Å². The van der Waals surface area contributed by atoms with Crippen LogP contribution in [0.3, 0.4) is 0 Å². The molecule has 1 amide bonds. The highest BCUT2D eigenvalue weighted by molar-refractivity contribution is 6.04. The first-order chi connectivity index (χ1) is 11.6. The van der Waals surface area contributed by atoms with Crippen molar-refractivity contribution in [3.05, 3.63) is 59.7 Å². The molecule has 1 unspecified atom stereocenters. The lowest BCUT2D eigenvalue weighted by molar-refractivity contribution is 0.0198. The van der Waals surface area contributed by atoms with Crippen LogP contribution in [0, 0.1) is 0 Å². The summed E-state index contributed by atoms with van der Waals surface area (Å²) in [6.07, 6.45) is 0. The van der Waals surface area contributed by atoms with Crippen LogP contribution < -0.4 is 11.1 Å². The van der Waals surface area contributed by atoms with E-state index in [0.717, 1.165) is 32.0 Å². The Hall–Kier alpha value is -1.79. The van der Waals surface area contributed by atoms with Crippen molar-refractivity contribution in [3.8, 4) is 0 Å². The number of anilines is 2. The molecule has 0 aliphatic carbocycles. The van der Waals surface area contributed by atoms with Gasteiger partial charge in [-0.25, -0.2) is 0 Å². The van der Waals surface area contributed by atoms with E-state index in [2.05, 4.69) is 29.3 Å². The van der Waals surface area contributed by atoms with Gasteiger partial charge in [-0.2, -0.15) is 0 Å². The highest BCUT2D eigenvalue weighted by atomic mass is 35.5. The molecule has 7 heteroatoms. The van der Waals surface area contributed by atoms with Crippen LogP contribution in [-0.4, -0.2) is 37.1 Å². The molecule has 0 saturated carbocycles. The molecule has 1 fully saturated rings. The Morgan fingerprint density at radius 3 is 2.38 bits per heavy atom. The van der Waals surface area contributed by atoms with Gasteiger partial charge in [0, 0.05) is 36.1 Å². The first-order valence-corrected chi connectivity index (χ1v) is 8.22. The number of hydrogen-bond donors (Lipinski definition) is 2. The zero-order chi connectivity index (χ0) is 16.9. The van der Waals surface area contributed by atoms with E-state index in [1.807, 2.05) is 12.1 Å². The molecule has 1 saturated heterocycles. The number of carbonyl (C=O) groups is 1. The van der Waals surface area contributed by atoms with E-state index in [1.54, 1.807) is 24.3 Å². The van der Waals surface area contributed by atoms with Crippen LogP contribution in [0.1, 0.15) is 28.9 Å². The minimum absolute atomic E-state index is 0. The lowest BCUT2D eigenvalue weighted by Crippen LogP contribution is -2.37. The van der Waals surface area contributed by atoms with E-state index in [4.69, 9.17) is 10.5 Å². The number of benzene rings is 2. The van der Waals surface area contributed by atoms with E-state index >= 15 is 0 Å². The van der Waals surface area contributed by atoms with Crippen LogP contribution in [0.5, 0.6) is 0 Å². The van der Waals surface area contributed by atoms with E-state index in [0.29, 0.717) is 17.3 Å². The summed E-state index contributed by atoms with van der Waals surface area (Å²) in [5, 5.41) is 2.90.